The number of amides is 2. The van der Waals surface area contributed by atoms with Gasteiger partial charge in [0, 0.05) is 5.56 Å². The number of rotatable bonds is 10. The number of nitrogens with one attached hydrogen (secondary N) is 2. The van der Waals surface area contributed by atoms with Crippen molar-refractivity contribution in [2.75, 3.05) is 17.6 Å². The molecule has 4 aromatic rings. The summed E-state index contributed by atoms with van der Waals surface area (Å²) in [6.07, 6.45) is 2.43. The van der Waals surface area contributed by atoms with Crippen LogP contribution in [0.3, 0.4) is 0 Å². The maximum atomic E-state index is 15.1. The highest BCUT2D eigenvalue weighted by atomic mass is 32.2. The number of nitrogens with zero attached hydrogens (tertiary/aromatic N) is 3. The Morgan fingerprint density at radius 3 is 2.60 bits per heavy atom. The summed E-state index contributed by atoms with van der Waals surface area (Å²) in [5, 5.41) is 10.5. The van der Waals surface area contributed by atoms with E-state index < -0.39 is 11.7 Å². The zero-order valence-corrected chi connectivity index (χ0v) is 24.3. The number of aliphatic imine (C=N–C) groups is 1. The van der Waals surface area contributed by atoms with Crippen molar-refractivity contribution in [3.05, 3.63) is 113 Å². The fourth-order valence-electron chi connectivity index (χ4n) is 4.66. The quantitative estimate of drug-likeness (QED) is 0.150. The van der Waals surface area contributed by atoms with E-state index in [2.05, 4.69) is 20.7 Å². The van der Waals surface area contributed by atoms with Gasteiger partial charge < -0.3 is 16.4 Å². The third kappa shape index (κ3) is 7.13. The molecule has 0 radical (unpaired) electrons. The Balaban J connectivity index is 1.41. The normalized spacial score (nSPS) is 14.0. The minimum Gasteiger partial charge on any atom is -0.383 e. The van der Waals surface area contributed by atoms with Gasteiger partial charge in [-0.05, 0) is 79.4 Å². The van der Waals surface area contributed by atoms with Crippen LogP contribution in [0.15, 0.2) is 83.9 Å². The van der Waals surface area contributed by atoms with Crippen molar-refractivity contribution < 1.29 is 14.0 Å². The summed E-state index contributed by atoms with van der Waals surface area (Å²) < 4.78 is 16.5. The zero-order valence-electron chi connectivity index (χ0n) is 23.5. The van der Waals surface area contributed by atoms with Gasteiger partial charge in [0.25, 0.3) is 5.91 Å². The Morgan fingerprint density at radius 2 is 1.86 bits per heavy atom. The van der Waals surface area contributed by atoms with Crippen molar-refractivity contribution in [3.8, 4) is 5.69 Å². The molecule has 1 aromatic heterocycles. The molecule has 0 bridgehead atoms. The molecule has 1 atom stereocenters. The molecule has 0 aliphatic heterocycles. The highest BCUT2D eigenvalue weighted by molar-refractivity contribution is 8.13. The van der Waals surface area contributed by atoms with Gasteiger partial charge in [-0.1, -0.05) is 67.2 Å². The van der Waals surface area contributed by atoms with E-state index in [1.807, 2.05) is 37.3 Å². The lowest BCUT2D eigenvalue weighted by Crippen LogP contribution is -2.25. The van der Waals surface area contributed by atoms with Crippen molar-refractivity contribution in [3.63, 3.8) is 0 Å². The van der Waals surface area contributed by atoms with Crippen LogP contribution in [-0.2, 0) is 0 Å². The van der Waals surface area contributed by atoms with Crippen LogP contribution in [0, 0.1) is 18.7 Å². The largest absolute Gasteiger partial charge is 0.383 e. The summed E-state index contributed by atoms with van der Waals surface area (Å²) in [4.78, 5) is 29.4. The molecule has 8 nitrogen and oxygen atoms in total. The average molecular weight is 585 g/mol. The Bertz CT molecular complexity index is 1620. The molecule has 3 aromatic carbocycles. The van der Waals surface area contributed by atoms with E-state index in [0.29, 0.717) is 28.6 Å². The first-order valence-electron chi connectivity index (χ1n) is 13.9. The van der Waals surface area contributed by atoms with Gasteiger partial charge in [0.2, 0.25) is 0 Å². The van der Waals surface area contributed by atoms with Gasteiger partial charge in [-0.25, -0.2) is 9.07 Å². The lowest BCUT2D eigenvalue weighted by molar-refractivity contribution is 0.101. The number of thioether (sulfide) groups is 1. The lowest BCUT2D eigenvalue weighted by Gasteiger charge is -2.21. The fraction of sp³-hybridized carbons (Fsp3) is 0.250. The van der Waals surface area contributed by atoms with Gasteiger partial charge in [-0.2, -0.15) is 10.1 Å². The SMILES string of the molecule is CCSC(=O)N=C(N)c1cccc(-n2nc(C)cc2C(=O)Nc2cc(C(NCC3CC3)c3ccccc3)ccc2F)c1. The minimum atomic E-state index is -0.538. The molecule has 216 valence electrons. The van der Waals surface area contributed by atoms with Crippen molar-refractivity contribution in [1.29, 1.82) is 0 Å². The van der Waals surface area contributed by atoms with E-state index >= 15 is 4.39 Å². The van der Waals surface area contributed by atoms with Gasteiger partial charge in [0.15, 0.2) is 0 Å². The summed E-state index contributed by atoms with van der Waals surface area (Å²) in [5.41, 5.74) is 9.94. The Morgan fingerprint density at radius 1 is 1.07 bits per heavy atom. The summed E-state index contributed by atoms with van der Waals surface area (Å²) >= 11 is 1.06. The van der Waals surface area contributed by atoms with E-state index in [9.17, 15) is 9.59 Å². The molecule has 1 aliphatic carbocycles. The number of hydrogen-bond acceptors (Lipinski definition) is 5. The first kappa shape index (κ1) is 29.2. The third-order valence-corrected chi connectivity index (χ3v) is 7.57. The molecule has 1 saturated carbocycles. The summed E-state index contributed by atoms with van der Waals surface area (Å²) in [6.45, 7) is 4.50. The highest BCUT2D eigenvalue weighted by Crippen LogP contribution is 2.31. The van der Waals surface area contributed by atoms with Crippen molar-refractivity contribution in [1.82, 2.24) is 15.1 Å². The second-order valence-electron chi connectivity index (χ2n) is 10.2. The molecule has 42 heavy (non-hydrogen) atoms. The predicted octanol–water partition coefficient (Wildman–Crippen LogP) is 6.24. The van der Waals surface area contributed by atoms with Crippen molar-refractivity contribution in [2.45, 2.75) is 32.7 Å². The first-order chi connectivity index (χ1) is 20.3. The third-order valence-electron chi connectivity index (χ3n) is 6.94. The van der Waals surface area contributed by atoms with Gasteiger partial charge in [0.05, 0.1) is 23.1 Å². The van der Waals surface area contributed by atoms with Crippen LogP contribution in [0.5, 0.6) is 0 Å². The van der Waals surface area contributed by atoms with Gasteiger partial charge in [-0.15, -0.1) is 0 Å². The maximum Gasteiger partial charge on any atom is 0.306 e. The average Bonchev–Trinajstić information content (AvgIpc) is 3.73. The van der Waals surface area contributed by atoms with E-state index in [4.69, 9.17) is 5.73 Å². The molecule has 5 rings (SSSR count). The fourth-order valence-corrected chi connectivity index (χ4v) is 5.07. The summed E-state index contributed by atoms with van der Waals surface area (Å²) in [5.74, 6) is 0.267. The predicted molar refractivity (Wildman–Crippen MR) is 166 cm³/mol. The smallest absolute Gasteiger partial charge is 0.306 e. The second-order valence-corrected chi connectivity index (χ2v) is 11.4. The van der Waals surface area contributed by atoms with Crippen LogP contribution >= 0.6 is 11.8 Å². The number of aromatic nitrogens is 2. The monoisotopic (exact) mass is 584 g/mol. The number of carbonyl (C=O) groups is 2. The van der Waals surface area contributed by atoms with E-state index in [1.54, 1.807) is 49.4 Å². The van der Waals surface area contributed by atoms with Crippen LogP contribution in [0.4, 0.5) is 14.9 Å². The van der Waals surface area contributed by atoms with E-state index in [0.717, 1.165) is 29.4 Å². The molecular formula is C32H33FN6O2S. The Kier molecular flexibility index (Phi) is 9.14. The highest BCUT2D eigenvalue weighted by Gasteiger charge is 2.24. The van der Waals surface area contributed by atoms with Crippen LogP contribution < -0.4 is 16.4 Å². The number of hydrogen-bond donors (Lipinski definition) is 3. The zero-order chi connectivity index (χ0) is 29.6. The van der Waals surface area contributed by atoms with Crippen molar-refractivity contribution in [2.24, 2.45) is 16.6 Å². The van der Waals surface area contributed by atoms with Crippen LogP contribution in [0.2, 0.25) is 0 Å². The Hall–Kier alpha value is -4.28. The molecule has 10 heteroatoms. The standard InChI is InChI=1S/C32H33FN6O2S/c1-3-42-32(41)37-30(34)24-10-7-11-25(17-24)39-28(16-20(2)38-39)31(40)36-27-18-23(14-15-26(27)33)29(35-19-21-12-13-21)22-8-5-4-6-9-22/h4-11,14-18,21,29,35H,3,12-13,19H2,1-2H3,(H,36,40)(H2,34,37,41). The van der Waals surface area contributed by atoms with Gasteiger partial charge in [0.1, 0.15) is 17.3 Å². The number of nitrogens with two attached hydrogens (primary N) is 1. The topological polar surface area (TPSA) is 114 Å². The summed E-state index contributed by atoms with van der Waals surface area (Å²) in [6, 6.07) is 23.2. The molecule has 0 saturated heterocycles. The first-order valence-corrected chi connectivity index (χ1v) is 14.9. The number of aryl methyl sites for hydroxylation is 1. The van der Waals surface area contributed by atoms with Crippen LogP contribution in [0.1, 0.15) is 58.7 Å². The molecule has 0 spiro atoms. The molecule has 1 heterocycles. The number of halogens is 1. The van der Waals surface area contributed by atoms with Crippen LogP contribution in [-0.4, -0.2) is 39.1 Å². The molecule has 1 unspecified atom stereocenters. The molecular weight excluding hydrogens is 551 g/mol. The summed E-state index contributed by atoms with van der Waals surface area (Å²) in [7, 11) is 0. The second kappa shape index (κ2) is 13.1. The number of anilines is 1. The van der Waals surface area contributed by atoms with Crippen LogP contribution in [0.25, 0.3) is 5.69 Å². The molecule has 1 aliphatic rings. The van der Waals surface area contributed by atoms with E-state index in [1.165, 1.54) is 23.6 Å². The maximum absolute atomic E-state index is 15.1. The van der Waals surface area contributed by atoms with E-state index in [-0.39, 0.29) is 28.5 Å². The van der Waals surface area contributed by atoms with Gasteiger partial charge >= 0.3 is 5.24 Å². The number of amidine groups is 1. The molecule has 4 N–H and O–H groups in total. The Labute approximate surface area is 248 Å². The molecule has 1 fully saturated rings. The minimum absolute atomic E-state index is 0.0693. The number of benzene rings is 3. The van der Waals surface area contributed by atoms with Crippen molar-refractivity contribution >= 4 is 34.4 Å². The molecule has 2 amide bonds. The lowest BCUT2D eigenvalue weighted by atomic mass is 9.97. The number of carbonyl (C=O) groups excluding carboxylic acids is 2. The van der Waals surface area contributed by atoms with Gasteiger partial charge in [-0.3, -0.25) is 9.59 Å².